The zero-order valence-corrected chi connectivity index (χ0v) is 18.8. The van der Waals surface area contributed by atoms with Gasteiger partial charge in [0.25, 0.3) is 0 Å². The van der Waals surface area contributed by atoms with E-state index in [0.29, 0.717) is 24.7 Å². The van der Waals surface area contributed by atoms with Crippen LogP contribution in [0, 0.1) is 11.7 Å². The van der Waals surface area contributed by atoms with Crippen molar-refractivity contribution in [1.82, 2.24) is 4.90 Å². The van der Waals surface area contributed by atoms with Crippen LogP contribution in [0.3, 0.4) is 0 Å². The van der Waals surface area contributed by atoms with Gasteiger partial charge in [0.2, 0.25) is 0 Å². The number of nitrogen functional groups attached to an aromatic ring is 1. The Labute approximate surface area is 196 Å². The first-order chi connectivity index (χ1) is 16.2. The Bertz CT molecular complexity index is 982. The number of carbonyl (C=O) groups excluding carboxylic acids is 1. The summed E-state index contributed by atoms with van der Waals surface area (Å²) >= 11 is 0. The molecular formula is C24H29F4N5O. The Balaban J connectivity index is 1.24. The van der Waals surface area contributed by atoms with E-state index in [1.807, 2.05) is 17.0 Å². The van der Waals surface area contributed by atoms with E-state index in [4.69, 9.17) is 5.73 Å². The average molecular weight is 480 g/mol. The van der Waals surface area contributed by atoms with Gasteiger partial charge in [-0.3, -0.25) is 9.69 Å². The zero-order chi connectivity index (χ0) is 24.3. The maximum absolute atomic E-state index is 14.6. The van der Waals surface area contributed by atoms with E-state index in [9.17, 15) is 22.4 Å². The van der Waals surface area contributed by atoms with Crippen molar-refractivity contribution in [2.24, 2.45) is 5.92 Å². The maximum Gasteiger partial charge on any atom is 0.471 e. The molecule has 2 heterocycles. The second-order valence-corrected chi connectivity index (χ2v) is 8.93. The van der Waals surface area contributed by atoms with E-state index in [1.165, 1.54) is 17.8 Å². The van der Waals surface area contributed by atoms with E-state index in [2.05, 4.69) is 21.9 Å². The summed E-state index contributed by atoms with van der Waals surface area (Å²) in [4.78, 5) is 17.8. The van der Waals surface area contributed by atoms with Crippen molar-refractivity contribution in [2.75, 3.05) is 66.7 Å². The number of alkyl halides is 3. The summed E-state index contributed by atoms with van der Waals surface area (Å²) in [5, 5.41) is 1.68. The SMILES string of the molecule is Nc1ccc(N2CCN(CC3CCN(c4ccc(NC(=O)C(F)(F)F)cc4F)CC3)CC2)cc1. The van der Waals surface area contributed by atoms with Gasteiger partial charge in [-0.25, -0.2) is 4.39 Å². The van der Waals surface area contributed by atoms with Gasteiger partial charge in [-0.05, 0) is 61.2 Å². The second kappa shape index (κ2) is 10.1. The summed E-state index contributed by atoms with van der Waals surface area (Å²) in [6, 6.07) is 11.6. The third kappa shape index (κ3) is 5.91. The minimum atomic E-state index is -5.01. The third-order valence-corrected chi connectivity index (χ3v) is 6.57. The highest BCUT2D eigenvalue weighted by Crippen LogP contribution is 2.29. The Morgan fingerprint density at radius 3 is 2.18 bits per heavy atom. The number of benzene rings is 2. The van der Waals surface area contributed by atoms with E-state index >= 15 is 0 Å². The summed E-state index contributed by atoms with van der Waals surface area (Å²) < 4.78 is 51.7. The highest BCUT2D eigenvalue weighted by molar-refractivity contribution is 5.95. The molecule has 0 atom stereocenters. The smallest absolute Gasteiger partial charge is 0.399 e. The first-order valence-corrected chi connectivity index (χ1v) is 11.4. The minimum Gasteiger partial charge on any atom is -0.399 e. The van der Waals surface area contributed by atoms with Gasteiger partial charge >= 0.3 is 12.1 Å². The molecule has 2 aromatic rings. The fourth-order valence-corrected chi connectivity index (χ4v) is 4.64. The Kier molecular flexibility index (Phi) is 7.16. The lowest BCUT2D eigenvalue weighted by Crippen LogP contribution is -2.49. The third-order valence-electron chi connectivity index (χ3n) is 6.57. The molecule has 2 aromatic carbocycles. The predicted octanol–water partition coefficient (Wildman–Crippen LogP) is 3.95. The average Bonchev–Trinajstić information content (AvgIpc) is 2.80. The molecule has 0 saturated carbocycles. The van der Waals surface area contributed by atoms with Gasteiger partial charge in [0, 0.05) is 62.9 Å². The molecule has 1 amide bonds. The molecule has 3 N–H and O–H groups in total. The monoisotopic (exact) mass is 479 g/mol. The van der Waals surface area contributed by atoms with Crippen LogP contribution in [0.5, 0.6) is 0 Å². The first kappa shape index (κ1) is 24.1. The number of amides is 1. The summed E-state index contributed by atoms with van der Waals surface area (Å²) in [6.45, 7) is 6.28. The highest BCUT2D eigenvalue weighted by Gasteiger charge is 2.38. The molecule has 0 spiro atoms. The van der Waals surface area contributed by atoms with Crippen LogP contribution in [0.2, 0.25) is 0 Å². The molecule has 184 valence electrons. The van der Waals surface area contributed by atoms with Crippen molar-refractivity contribution < 1.29 is 22.4 Å². The first-order valence-electron chi connectivity index (χ1n) is 11.4. The van der Waals surface area contributed by atoms with Gasteiger partial charge < -0.3 is 20.9 Å². The number of nitrogens with zero attached hydrogens (tertiary/aromatic N) is 3. The number of hydrogen-bond acceptors (Lipinski definition) is 5. The molecule has 2 fully saturated rings. The summed E-state index contributed by atoms with van der Waals surface area (Å²) in [5.74, 6) is -2.24. The number of piperazine rings is 1. The summed E-state index contributed by atoms with van der Waals surface area (Å²) in [5.41, 5.74) is 7.86. The zero-order valence-electron chi connectivity index (χ0n) is 18.8. The van der Waals surface area contributed by atoms with Gasteiger partial charge in [0.05, 0.1) is 5.69 Å². The number of carbonyl (C=O) groups is 1. The van der Waals surface area contributed by atoms with Gasteiger partial charge in [-0.1, -0.05) is 0 Å². The number of piperidine rings is 1. The summed E-state index contributed by atoms with van der Waals surface area (Å²) in [6.07, 6.45) is -3.17. The van der Waals surface area contributed by atoms with E-state index in [1.54, 1.807) is 5.32 Å². The van der Waals surface area contributed by atoms with Gasteiger partial charge in [0.1, 0.15) is 5.82 Å². The number of nitrogens with one attached hydrogen (secondary N) is 1. The number of anilines is 4. The fourth-order valence-electron chi connectivity index (χ4n) is 4.64. The molecule has 0 unspecified atom stereocenters. The van der Waals surface area contributed by atoms with Gasteiger partial charge in [0.15, 0.2) is 0 Å². The molecule has 10 heteroatoms. The molecule has 0 radical (unpaired) electrons. The predicted molar refractivity (Wildman–Crippen MR) is 126 cm³/mol. The molecule has 2 saturated heterocycles. The van der Waals surface area contributed by atoms with Crippen molar-refractivity contribution in [3.8, 4) is 0 Å². The van der Waals surface area contributed by atoms with E-state index < -0.39 is 17.9 Å². The Morgan fingerprint density at radius 2 is 1.59 bits per heavy atom. The standard InChI is InChI=1S/C24H29F4N5O/c25-21-15-19(30-23(34)24(26,27)28)3-6-22(21)33-9-7-17(8-10-33)16-31-11-13-32(14-12-31)20-4-1-18(29)2-5-20/h1-6,15,17H,7-14,16,29H2,(H,30,34). The van der Waals surface area contributed by atoms with Crippen LogP contribution in [0.1, 0.15) is 12.8 Å². The normalized spacial score (nSPS) is 18.2. The van der Waals surface area contributed by atoms with Crippen LogP contribution in [0.15, 0.2) is 42.5 Å². The fraction of sp³-hybridized carbons (Fsp3) is 0.458. The quantitative estimate of drug-likeness (QED) is 0.502. The maximum atomic E-state index is 14.6. The molecule has 0 bridgehead atoms. The van der Waals surface area contributed by atoms with Crippen LogP contribution >= 0.6 is 0 Å². The van der Waals surface area contributed by atoms with Crippen molar-refractivity contribution in [1.29, 1.82) is 0 Å². The van der Waals surface area contributed by atoms with Crippen LogP contribution in [-0.4, -0.2) is 62.8 Å². The van der Waals surface area contributed by atoms with Crippen molar-refractivity contribution in [2.45, 2.75) is 19.0 Å². The molecule has 0 aliphatic carbocycles. The minimum absolute atomic E-state index is 0.212. The Hall–Kier alpha value is -3.01. The topological polar surface area (TPSA) is 64.8 Å². The Morgan fingerprint density at radius 1 is 0.941 bits per heavy atom. The molecule has 0 aromatic heterocycles. The highest BCUT2D eigenvalue weighted by atomic mass is 19.4. The van der Waals surface area contributed by atoms with Crippen molar-refractivity contribution in [3.05, 3.63) is 48.3 Å². The second-order valence-electron chi connectivity index (χ2n) is 8.93. The molecule has 2 aliphatic heterocycles. The number of nitrogens with two attached hydrogens (primary N) is 1. The number of rotatable bonds is 5. The van der Waals surface area contributed by atoms with Gasteiger partial charge in [-0.15, -0.1) is 0 Å². The number of halogens is 4. The van der Waals surface area contributed by atoms with Crippen LogP contribution in [0.4, 0.5) is 40.3 Å². The lowest BCUT2D eigenvalue weighted by molar-refractivity contribution is -0.167. The molecule has 2 aliphatic rings. The van der Waals surface area contributed by atoms with Crippen molar-refractivity contribution in [3.63, 3.8) is 0 Å². The summed E-state index contributed by atoms with van der Waals surface area (Å²) in [7, 11) is 0. The van der Waals surface area contributed by atoms with Gasteiger partial charge in [-0.2, -0.15) is 13.2 Å². The number of hydrogen-bond donors (Lipinski definition) is 2. The van der Waals surface area contributed by atoms with Crippen LogP contribution in [-0.2, 0) is 4.79 Å². The van der Waals surface area contributed by atoms with Crippen LogP contribution < -0.4 is 20.9 Å². The van der Waals surface area contributed by atoms with E-state index in [0.717, 1.165) is 57.3 Å². The van der Waals surface area contributed by atoms with Crippen molar-refractivity contribution >= 4 is 28.7 Å². The van der Waals surface area contributed by atoms with E-state index in [-0.39, 0.29) is 5.69 Å². The van der Waals surface area contributed by atoms with Crippen LogP contribution in [0.25, 0.3) is 0 Å². The molecule has 4 rings (SSSR count). The lowest BCUT2D eigenvalue weighted by atomic mass is 9.95. The molecular weight excluding hydrogens is 450 g/mol. The lowest BCUT2D eigenvalue weighted by Gasteiger charge is -2.40. The molecule has 6 nitrogen and oxygen atoms in total. The molecule has 34 heavy (non-hydrogen) atoms. The largest absolute Gasteiger partial charge is 0.471 e.